The van der Waals surface area contributed by atoms with Crippen molar-refractivity contribution < 1.29 is 0 Å². The van der Waals surface area contributed by atoms with Gasteiger partial charge >= 0.3 is 0 Å². The molecule has 0 amide bonds. The second kappa shape index (κ2) is 4.88. The van der Waals surface area contributed by atoms with Crippen molar-refractivity contribution in [2.75, 3.05) is 18.1 Å². The number of nitrogens with zero attached hydrogens (tertiary/aromatic N) is 6. The third-order valence-corrected chi connectivity index (χ3v) is 2.29. The highest BCUT2D eigenvalue weighted by atomic mass is 32.2. The second-order valence-corrected chi connectivity index (χ2v) is 3.59. The Morgan fingerprint density at radius 2 is 2.25 bits per heavy atom. The van der Waals surface area contributed by atoms with Crippen molar-refractivity contribution in [3.05, 3.63) is 12.7 Å². The maximum atomic E-state index is 4.24. The maximum absolute atomic E-state index is 4.24. The number of anilines is 1. The van der Waals surface area contributed by atoms with Crippen molar-refractivity contribution >= 4 is 17.7 Å². The molecule has 7 nitrogen and oxygen atoms in total. The van der Waals surface area contributed by atoms with Gasteiger partial charge in [-0.15, -0.1) is 0 Å². The van der Waals surface area contributed by atoms with E-state index in [9.17, 15) is 0 Å². The molecule has 2 heterocycles. The Kier molecular flexibility index (Phi) is 3.30. The Bertz CT molecular complexity index is 455. The fourth-order valence-electron chi connectivity index (χ4n) is 1.09. The van der Waals surface area contributed by atoms with Gasteiger partial charge in [0.1, 0.15) is 12.7 Å². The van der Waals surface area contributed by atoms with Crippen LogP contribution in [-0.2, 0) is 0 Å². The summed E-state index contributed by atoms with van der Waals surface area (Å²) in [5.41, 5.74) is 0. The van der Waals surface area contributed by atoms with Crippen LogP contribution in [0.2, 0.25) is 0 Å². The smallest absolute Gasteiger partial charge is 0.257 e. The van der Waals surface area contributed by atoms with Crippen LogP contribution in [0.5, 0.6) is 0 Å². The molecule has 0 saturated carbocycles. The lowest BCUT2D eigenvalue weighted by Gasteiger charge is -2.05. The van der Waals surface area contributed by atoms with E-state index in [1.165, 1.54) is 22.8 Å². The molecule has 0 aliphatic carbocycles. The Balaban J connectivity index is 2.41. The molecule has 8 heteroatoms. The molecule has 84 valence electrons. The lowest BCUT2D eigenvalue weighted by Crippen LogP contribution is -2.09. The van der Waals surface area contributed by atoms with Gasteiger partial charge in [-0.25, -0.2) is 4.98 Å². The number of thioether (sulfide) groups is 1. The molecule has 0 fully saturated rings. The normalized spacial score (nSPS) is 10.4. The molecule has 0 atom stereocenters. The van der Waals surface area contributed by atoms with Gasteiger partial charge in [0, 0.05) is 6.54 Å². The van der Waals surface area contributed by atoms with Crippen LogP contribution in [0.25, 0.3) is 5.95 Å². The quantitative estimate of drug-likeness (QED) is 0.780. The van der Waals surface area contributed by atoms with Crippen molar-refractivity contribution in [2.45, 2.75) is 12.1 Å². The average Bonchev–Trinajstić information content (AvgIpc) is 2.82. The van der Waals surface area contributed by atoms with Crippen molar-refractivity contribution in [3.8, 4) is 5.95 Å². The zero-order chi connectivity index (χ0) is 11.4. The first kappa shape index (κ1) is 10.8. The number of hydrogen-bond donors (Lipinski definition) is 1. The van der Waals surface area contributed by atoms with Gasteiger partial charge in [0.2, 0.25) is 5.95 Å². The van der Waals surface area contributed by atoms with Crippen molar-refractivity contribution in [3.63, 3.8) is 0 Å². The minimum atomic E-state index is 0.466. The monoisotopic (exact) mass is 237 g/mol. The van der Waals surface area contributed by atoms with Gasteiger partial charge in [0.25, 0.3) is 5.95 Å². The molecule has 0 aliphatic rings. The molecule has 0 unspecified atom stereocenters. The zero-order valence-corrected chi connectivity index (χ0v) is 9.77. The number of hydrogen-bond acceptors (Lipinski definition) is 7. The van der Waals surface area contributed by atoms with Gasteiger partial charge in [0.15, 0.2) is 5.16 Å². The summed E-state index contributed by atoms with van der Waals surface area (Å²) in [6, 6.07) is 0. The lowest BCUT2D eigenvalue weighted by molar-refractivity contribution is 0.759. The summed E-state index contributed by atoms with van der Waals surface area (Å²) >= 11 is 1.46. The van der Waals surface area contributed by atoms with E-state index in [-0.39, 0.29) is 0 Å². The molecule has 1 N–H and O–H groups in total. The molecule has 0 radical (unpaired) electrons. The van der Waals surface area contributed by atoms with Gasteiger partial charge in [-0.05, 0) is 13.2 Å². The van der Waals surface area contributed by atoms with Crippen molar-refractivity contribution in [1.82, 2.24) is 29.7 Å². The van der Waals surface area contributed by atoms with Crippen molar-refractivity contribution in [2.24, 2.45) is 0 Å². The Labute approximate surface area is 96.7 Å². The predicted octanol–water partition coefficient (Wildman–Crippen LogP) is 0.606. The zero-order valence-electron chi connectivity index (χ0n) is 8.95. The standard InChI is InChI=1S/C8H11N7S/c1-3-10-6-12-7(14-8(13-6)16-2)15-5-9-4-11-15/h4-5H,3H2,1-2H3,(H,10,12,13,14). The fourth-order valence-corrected chi connectivity index (χ4v) is 1.44. The lowest BCUT2D eigenvalue weighted by atomic mass is 10.7. The molecule has 0 aromatic carbocycles. The highest BCUT2D eigenvalue weighted by molar-refractivity contribution is 7.98. The summed E-state index contributed by atoms with van der Waals surface area (Å²) < 4.78 is 1.50. The first-order valence-corrected chi connectivity index (χ1v) is 5.95. The molecule has 0 saturated heterocycles. The number of rotatable bonds is 4. The molecular weight excluding hydrogens is 226 g/mol. The minimum absolute atomic E-state index is 0.466. The topological polar surface area (TPSA) is 81.4 Å². The molecule has 0 spiro atoms. The van der Waals surface area contributed by atoms with Crippen LogP contribution < -0.4 is 5.32 Å². The summed E-state index contributed by atoms with van der Waals surface area (Å²) in [5.74, 6) is 1.01. The summed E-state index contributed by atoms with van der Waals surface area (Å²) in [6.45, 7) is 2.74. The Hall–Kier alpha value is -1.70. The third kappa shape index (κ3) is 2.27. The summed E-state index contributed by atoms with van der Waals surface area (Å²) in [7, 11) is 0. The second-order valence-electron chi connectivity index (χ2n) is 2.82. The third-order valence-electron chi connectivity index (χ3n) is 1.74. The Morgan fingerprint density at radius 1 is 1.38 bits per heavy atom. The largest absolute Gasteiger partial charge is 0.354 e. The van der Waals surface area contributed by atoms with E-state index in [4.69, 9.17) is 0 Å². The summed E-state index contributed by atoms with van der Waals surface area (Å²) in [6.07, 6.45) is 4.90. The van der Waals surface area contributed by atoms with Crippen LogP contribution >= 0.6 is 11.8 Å². The molecular formula is C8H11N7S. The summed E-state index contributed by atoms with van der Waals surface area (Å²) in [4.78, 5) is 16.5. The maximum Gasteiger partial charge on any atom is 0.257 e. The molecule has 2 aromatic heterocycles. The number of nitrogens with one attached hydrogen (secondary N) is 1. The van der Waals surface area contributed by atoms with E-state index in [1.807, 2.05) is 13.2 Å². The molecule has 2 aromatic rings. The van der Waals surface area contributed by atoms with E-state index in [0.717, 1.165) is 6.54 Å². The first-order valence-electron chi connectivity index (χ1n) is 4.72. The highest BCUT2D eigenvalue weighted by Crippen LogP contribution is 2.12. The SMILES string of the molecule is CCNc1nc(SC)nc(-n2cncn2)n1. The molecule has 0 bridgehead atoms. The van der Waals surface area contributed by atoms with Gasteiger partial charge in [0.05, 0.1) is 0 Å². The van der Waals surface area contributed by atoms with Crippen LogP contribution in [0.3, 0.4) is 0 Å². The van der Waals surface area contributed by atoms with Crippen LogP contribution in [0.1, 0.15) is 6.92 Å². The first-order chi connectivity index (χ1) is 7.83. The van der Waals surface area contributed by atoms with Gasteiger partial charge < -0.3 is 5.32 Å². The fraction of sp³-hybridized carbons (Fsp3) is 0.375. The van der Waals surface area contributed by atoms with Crippen molar-refractivity contribution in [1.29, 1.82) is 0 Å². The predicted molar refractivity (Wildman–Crippen MR) is 60.7 cm³/mol. The van der Waals surface area contributed by atoms with E-state index >= 15 is 0 Å². The highest BCUT2D eigenvalue weighted by Gasteiger charge is 2.07. The van der Waals surface area contributed by atoms with E-state index in [2.05, 4.69) is 30.4 Å². The van der Waals surface area contributed by atoms with E-state index in [1.54, 1.807) is 6.33 Å². The average molecular weight is 237 g/mol. The minimum Gasteiger partial charge on any atom is -0.354 e. The van der Waals surface area contributed by atoms with E-state index < -0.39 is 0 Å². The van der Waals surface area contributed by atoms with Gasteiger partial charge in [-0.1, -0.05) is 11.8 Å². The van der Waals surface area contributed by atoms with Gasteiger partial charge in [-0.3, -0.25) is 0 Å². The Morgan fingerprint density at radius 3 is 2.88 bits per heavy atom. The van der Waals surface area contributed by atoms with E-state index in [0.29, 0.717) is 17.1 Å². The van der Waals surface area contributed by atoms with Crippen LogP contribution in [0, 0.1) is 0 Å². The molecule has 0 aliphatic heterocycles. The van der Waals surface area contributed by atoms with Gasteiger partial charge in [-0.2, -0.15) is 24.7 Å². The number of aromatic nitrogens is 6. The molecule has 2 rings (SSSR count). The van der Waals surface area contributed by atoms with Crippen LogP contribution in [0.4, 0.5) is 5.95 Å². The van der Waals surface area contributed by atoms with Crippen LogP contribution in [0.15, 0.2) is 17.8 Å². The van der Waals surface area contributed by atoms with Crippen LogP contribution in [-0.4, -0.2) is 42.5 Å². The summed E-state index contributed by atoms with van der Waals surface area (Å²) in [5, 5.41) is 7.68. The molecule has 16 heavy (non-hydrogen) atoms.